The van der Waals surface area contributed by atoms with Crippen molar-refractivity contribution in [2.24, 2.45) is 0 Å². The third kappa shape index (κ3) is 1.89. The van der Waals surface area contributed by atoms with Crippen molar-refractivity contribution in [2.45, 2.75) is 32.7 Å². The first kappa shape index (κ1) is 11.6. The van der Waals surface area contributed by atoms with Gasteiger partial charge in [-0.2, -0.15) is 0 Å². The maximum atomic E-state index is 12.1. The highest BCUT2D eigenvalue weighted by Gasteiger charge is 2.24. The van der Waals surface area contributed by atoms with Gasteiger partial charge >= 0.3 is 0 Å². The minimum Gasteiger partial charge on any atom is -0.487 e. The maximum Gasteiger partial charge on any atom is 0.296 e. The molecule has 0 N–H and O–H groups in total. The van der Waals surface area contributed by atoms with Gasteiger partial charge in [0.05, 0.1) is 18.8 Å². The highest BCUT2D eigenvalue weighted by atomic mass is 16.5. The van der Waals surface area contributed by atoms with Crippen molar-refractivity contribution in [3.8, 4) is 5.75 Å². The molecule has 2 rings (SSSR count). The number of fused-ring (bicyclic) bond motifs is 1. The lowest BCUT2D eigenvalue weighted by Gasteiger charge is -2.24. The minimum atomic E-state index is -0.281. The van der Waals surface area contributed by atoms with Crippen LogP contribution in [0.1, 0.15) is 32.1 Å². The van der Waals surface area contributed by atoms with Gasteiger partial charge in [0.25, 0.3) is 5.56 Å². The Morgan fingerprint density at radius 3 is 3.00 bits per heavy atom. The largest absolute Gasteiger partial charge is 0.487 e. The number of rotatable bonds is 2. The van der Waals surface area contributed by atoms with E-state index >= 15 is 0 Å². The van der Waals surface area contributed by atoms with E-state index in [1.807, 2.05) is 19.8 Å². The van der Waals surface area contributed by atoms with Crippen LogP contribution in [-0.2, 0) is 11.2 Å². The second-order valence-corrected chi connectivity index (χ2v) is 3.95. The van der Waals surface area contributed by atoms with Crippen molar-refractivity contribution < 1.29 is 9.53 Å². The fourth-order valence-electron chi connectivity index (χ4n) is 2.07. The summed E-state index contributed by atoms with van der Waals surface area (Å²) in [4.78, 5) is 27.1. The molecule has 0 bridgehead atoms. The van der Waals surface area contributed by atoms with Gasteiger partial charge in [-0.1, -0.05) is 0 Å². The zero-order chi connectivity index (χ0) is 12.4. The third-order valence-corrected chi connectivity index (χ3v) is 2.98. The first-order valence-corrected chi connectivity index (χ1v) is 5.66. The molecule has 1 aromatic rings. The number of aryl methyl sites for hydroxylation is 1. The Labute approximate surface area is 98.7 Å². The summed E-state index contributed by atoms with van der Waals surface area (Å²) in [5.41, 5.74) is 0.381. The fourth-order valence-corrected chi connectivity index (χ4v) is 2.07. The number of allylic oxidation sites excluding steroid dienone is 1. The number of hydrogen-bond acceptors (Lipinski definition) is 4. The average molecular weight is 234 g/mol. The van der Waals surface area contributed by atoms with E-state index in [0.29, 0.717) is 30.8 Å². The average Bonchev–Trinajstić information content (AvgIpc) is 2.33. The van der Waals surface area contributed by atoms with Gasteiger partial charge in [0.1, 0.15) is 11.8 Å². The van der Waals surface area contributed by atoms with Crippen molar-refractivity contribution >= 4 is 5.94 Å². The lowest BCUT2D eigenvalue weighted by molar-refractivity contribution is 0.325. The van der Waals surface area contributed by atoms with E-state index in [-0.39, 0.29) is 17.4 Å². The van der Waals surface area contributed by atoms with E-state index in [2.05, 4.69) is 4.98 Å². The quantitative estimate of drug-likeness (QED) is 0.713. The van der Waals surface area contributed by atoms with Crippen molar-refractivity contribution in [3.63, 3.8) is 0 Å². The van der Waals surface area contributed by atoms with Crippen LogP contribution in [0.15, 0.2) is 16.6 Å². The van der Waals surface area contributed by atoms with Gasteiger partial charge < -0.3 is 4.74 Å². The normalized spacial score (nSPS) is 18.5. The van der Waals surface area contributed by atoms with Crippen molar-refractivity contribution in [3.05, 3.63) is 27.9 Å². The Morgan fingerprint density at radius 2 is 2.35 bits per heavy atom. The molecule has 0 amide bonds. The van der Waals surface area contributed by atoms with E-state index in [0.717, 1.165) is 0 Å². The standard InChI is InChI=1S/C12H14N2O3/c1-3-17-10-6-13-11-5-4-9(7-15)8(2)14(11)12(10)16/h6,8H,3-5H2,1-2H3. The summed E-state index contributed by atoms with van der Waals surface area (Å²) in [5, 5.41) is 0. The lowest BCUT2D eigenvalue weighted by Crippen LogP contribution is -2.33. The van der Waals surface area contributed by atoms with Crippen LogP contribution in [0.25, 0.3) is 0 Å². The predicted octanol–water partition coefficient (Wildman–Crippen LogP) is 0.907. The number of hydrogen-bond donors (Lipinski definition) is 0. The summed E-state index contributed by atoms with van der Waals surface area (Å²) < 4.78 is 6.74. The van der Waals surface area contributed by atoms with Crippen LogP contribution >= 0.6 is 0 Å². The van der Waals surface area contributed by atoms with Crippen LogP contribution < -0.4 is 10.3 Å². The summed E-state index contributed by atoms with van der Waals surface area (Å²) in [5.74, 6) is 2.84. The molecule has 5 nitrogen and oxygen atoms in total. The van der Waals surface area contributed by atoms with Crippen molar-refractivity contribution in [2.75, 3.05) is 6.61 Å². The highest BCUT2D eigenvalue weighted by Crippen LogP contribution is 2.25. The van der Waals surface area contributed by atoms with Gasteiger partial charge in [0.15, 0.2) is 0 Å². The van der Waals surface area contributed by atoms with Gasteiger partial charge in [0, 0.05) is 12.0 Å². The monoisotopic (exact) mass is 234 g/mol. The fraction of sp³-hybridized carbons (Fsp3) is 0.500. The van der Waals surface area contributed by atoms with Crippen molar-refractivity contribution in [1.82, 2.24) is 9.55 Å². The Bertz CT molecular complexity index is 541. The molecule has 2 heterocycles. The zero-order valence-corrected chi connectivity index (χ0v) is 9.90. The molecular formula is C12H14N2O3. The number of nitrogens with zero attached hydrogens (tertiary/aromatic N) is 2. The first-order valence-electron chi connectivity index (χ1n) is 5.66. The van der Waals surface area contributed by atoms with Gasteiger partial charge in [0.2, 0.25) is 5.75 Å². The summed E-state index contributed by atoms with van der Waals surface area (Å²) in [6.07, 6.45) is 2.67. The molecular weight excluding hydrogens is 220 g/mol. The van der Waals surface area contributed by atoms with Crippen LogP contribution in [0.4, 0.5) is 0 Å². The topological polar surface area (TPSA) is 61.2 Å². The minimum absolute atomic E-state index is 0.225. The molecule has 1 unspecified atom stereocenters. The van der Waals surface area contributed by atoms with Crippen LogP contribution in [0, 0.1) is 0 Å². The Kier molecular flexibility index (Phi) is 3.11. The molecule has 0 fully saturated rings. The second kappa shape index (κ2) is 4.55. The van der Waals surface area contributed by atoms with E-state index < -0.39 is 0 Å². The number of carbonyl (C=O) groups excluding carboxylic acids is 1. The second-order valence-electron chi connectivity index (χ2n) is 3.95. The molecule has 1 aliphatic rings. The Balaban J connectivity index is 2.57. The molecule has 5 heteroatoms. The molecule has 0 aliphatic carbocycles. The molecule has 17 heavy (non-hydrogen) atoms. The van der Waals surface area contributed by atoms with Gasteiger partial charge in [-0.25, -0.2) is 9.78 Å². The molecule has 1 aliphatic heterocycles. The van der Waals surface area contributed by atoms with Gasteiger partial charge in [-0.05, 0) is 20.3 Å². The predicted molar refractivity (Wildman–Crippen MR) is 61.9 cm³/mol. The first-order chi connectivity index (χ1) is 8.19. The molecule has 0 aromatic carbocycles. The molecule has 0 radical (unpaired) electrons. The van der Waals surface area contributed by atoms with Crippen LogP contribution in [-0.4, -0.2) is 22.1 Å². The lowest BCUT2D eigenvalue weighted by atomic mass is 10.00. The van der Waals surface area contributed by atoms with Crippen molar-refractivity contribution in [1.29, 1.82) is 0 Å². The summed E-state index contributed by atoms with van der Waals surface area (Å²) in [6.45, 7) is 4.03. The van der Waals surface area contributed by atoms with Crippen LogP contribution in [0.3, 0.4) is 0 Å². The zero-order valence-electron chi connectivity index (χ0n) is 9.90. The third-order valence-electron chi connectivity index (χ3n) is 2.98. The Hall–Kier alpha value is -1.87. The summed E-state index contributed by atoms with van der Waals surface area (Å²) in [7, 11) is 0. The van der Waals surface area contributed by atoms with Crippen LogP contribution in [0.2, 0.25) is 0 Å². The molecule has 1 aromatic heterocycles. The van der Waals surface area contributed by atoms with Gasteiger partial charge in [-0.15, -0.1) is 0 Å². The maximum absolute atomic E-state index is 12.1. The number of ether oxygens (including phenoxy) is 1. The molecule has 0 saturated heterocycles. The van der Waals surface area contributed by atoms with E-state index in [1.165, 1.54) is 10.8 Å². The van der Waals surface area contributed by atoms with Crippen LogP contribution in [0.5, 0.6) is 5.75 Å². The molecule has 0 saturated carbocycles. The summed E-state index contributed by atoms with van der Waals surface area (Å²) in [6, 6.07) is -0.281. The highest BCUT2D eigenvalue weighted by molar-refractivity contribution is 5.54. The number of aromatic nitrogens is 2. The summed E-state index contributed by atoms with van der Waals surface area (Å²) >= 11 is 0. The van der Waals surface area contributed by atoms with E-state index in [4.69, 9.17) is 4.74 Å². The molecule has 90 valence electrons. The van der Waals surface area contributed by atoms with E-state index in [1.54, 1.807) is 0 Å². The van der Waals surface area contributed by atoms with Gasteiger partial charge in [-0.3, -0.25) is 9.36 Å². The molecule has 1 atom stereocenters. The SMILES string of the molecule is CCOc1cnc2n(c1=O)C(C)C(=C=O)CC2. The van der Waals surface area contributed by atoms with E-state index in [9.17, 15) is 9.59 Å². The Morgan fingerprint density at radius 1 is 1.59 bits per heavy atom. The smallest absolute Gasteiger partial charge is 0.296 e. The molecule has 0 spiro atoms.